The van der Waals surface area contributed by atoms with Crippen LogP contribution >= 0.6 is 22.9 Å². The van der Waals surface area contributed by atoms with Gasteiger partial charge in [-0.05, 0) is 54.7 Å². The van der Waals surface area contributed by atoms with Crippen molar-refractivity contribution in [3.05, 3.63) is 15.7 Å². The number of aliphatic hydroxyl groups is 1. The van der Waals surface area contributed by atoms with Crippen LogP contribution in [0.2, 0.25) is 5.28 Å². The van der Waals surface area contributed by atoms with Crippen LogP contribution in [-0.2, 0) is 12.8 Å². The predicted molar refractivity (Wildman–Crippen MR) is 97.6 cm³/mol. The fourth-order valence-corrected chi connectivity index (χ4v) is 4.78. The minimum atomic E-state index is -0.432. The van der Waals surface area contributed by atoms with Crippen molar-refractivity contribution in [2.24, 2.45) is 11.3 Å². The Kier molecular flexibility index (Phi) is 4.55. The van der Waals surface area contributed by atoms with Gasteiger partial charge >= 0.3 is 0 Å². The Morgan fingerprint density at radius 2 is 2.13 bits per heavy atom. The Balaban J connectivity index is 2.02. The molecular weight excluding hydrogens is 330 g/mol. The zero-order valence-corrected chi connectivity index (χ0v) is 15.7. The molecule has 2 aromatic rings. The molecule has 2 atom stereocenters. The van der Waals surface area contributed by atoms with Gasteiger partial charge in [-0.15, -0.1) is 11.3 Å². The summed E-state index contributed by atoms with van der Waals surface area (Å²) in [4.78, 5) is 11.2. The molecule has 23 heavy (non-hydrogen) atoms. The van der Waals surface area contributed by atoms with E-state index in [2.05, 4.69) is 36.1 Å². The molecule has 2 N–H and O–H groups in total. The topological polar surface area (TPSA) is 58.0 Å². The lowest BCUT2D eigenvalue weighted by Gasteiger charge is -2.33. The lowest BCUT2D eigenvalue weighted by atomic mass is 9.72. The third kappa shape index (κ3) is 3.47. The number of aliphatic hydroxyl groups excluding tert-OH is 1. The van der Waals surface area contributed by atoms with Crippen molar-refractivity contribution in [3.63, 3.8) is 0 Å². The Morgan fingerprint density at radius 3 is 2.78 bits per heavy atom. The van der Waals surface area contributed by atoms with E-state index >= 15 is 0 Å². The van der Waals surface area contributed by atoms with E-state index in [1.54, 1.807) is 18.3 Å². The monoisotopic (exact) mass is 353 g/mol. The highest BCUT2D eigenvalue weighted by Gasteiger charge is 2.31. The molecule has 0 aromatic carbocycles. The fraction of sp³-hybridized carbons (Fsp3) is 0.647. The van der Waals surface area contributed by atoms with Gasteiger partial charge in [-0.1, -0.05) is 20.8 Å². The Hall–Kier alpha value is -0.910. The largest absolute Gasteiger partial charge is 0.392 e. The second-order valence-electron chi connectivity index (χ2n) is 7.56. The average molecular weight is 354 g/mol. The number of thiophene rings is 1. The molecule has 2 unspecified atom stereocenters. The van der Waals surface area contributed by atoms with E-state index < -0.39 is 6.10 Å². The maximum atomic E-state index is 9.53. The van der Waals surface area contributed by atoms with E-state index in [9.17, 15) is 5.11 Å². The number of anilines is 1. The number of nitrogens with zero attached hydrogens (tertiary/aromatic N) is 2. The number of rotatable bonds is 3. The highest BCUT2D eigenvalue weighted by atomic mass is 35.5. The molecule has 0 aliphatic heterocycles. The maximum absolute atomic E-state index is 9.53. The molecule has 0 saturated heterocycles. The van der Waals surface area contributed by atoms with Crippen molar-refractivity contribution >= 4 is 39.0 Å². The Labute approximate surface area is 146 Å². The average Bonchev–Trinajstić information content (AvgIpc) is 2.80. The van der Waals surface area contributed by atoms with Gasteiger partial charge in [0.05, 0.1) is 11.5 Å². The van der Waals surface area contributed by atoms with Crippen LogP contribution in [0.5, 0.6) is 0 Å². The SMILES string of the molecule is CC(O)CNc1nc(Cl)nc2sc3c(c12)CCC(C(C)(C)C)C3. The minimum absolute atomic E-state index is 0.261. The lowest BCUT2D eigenvalue weighted by molar-refractivity contribution is 0.208. The second-order valence-corrected chi connectivity index (χ2v) is 8.98. The highest BCUT2D eigenvalue weighted by Crippen LogP contribution is 2.44. The molecule has 2 aromatic heterocycles. The van der Waals surface area contributed by atoms with Crippen LogP contribution in [-0.4, -0.2) is 27.7 Å². The van der Waals surface area contributed by atoms with Gasteiger partial charge in [-0.25, -0.2) is 9.97 Å². The van der Waals surface area contributed by atoms with Crippen LogP contribution in [0.1, 0.15) is 44.6 Å². The molecule has 0 radical (unpaired) electrons. The predicted octanol–water partition coefficient (Wildman–Crippen LogP) is 4.29. The Bertz CT molecular complexity index is 721. The summed E-state index contributed by atoms with van der Waals surface area (Å²) in [5.74, 6) is 1.45. The van der Waals surface area contributed by atoms with E-state index in [0.29, 0.717) is 17.9 Å². The fourth-order valence-electron chi connectivity index (χ4n) is 3.26. The summed E-state index contributed by atoms with van der Waals surface area (Å²) < 4.78 is 0. The Morgan fingerprint density at radius 1 is 1.39 bits per heavy atom. The molecule has 0 fully saturated rings. The number of halogens is 1. The van der Waals surface area contributed by atoms with Crippen molar-refractivity contribution in [1.82, 2.24) is 9.97 Å². The number of hydrogen-bond acceptors (Lipinski definition) is 5. The van der Waals surface area contributed by atoms with Gasteiger partial charge in [0.25, 0.3) is 0 Å². The molecule has 0 saturated carbocycles. The number of fused-ring (bicyclic) bond motifs is 3. The summed E-state index contributed by atoms with van der Waals surface area (Å²) >= 11 is 7.83. The molecule has 6 heteroatoms. The van der Waals surface area contributed by atoms with Gasteiger partial charge in [0.1, 0.15) is 10.6 Å². The van der Waals surface area contributed by atoms with E-state index in [1.165, 1.54) is 16.9 Å². The normalized spacial score (nSPS) is 19.7. The van der Waals surface area contributed by atoms with Gasteiger partial charge < -0.3 is 10.4 Å². The summed E-state index contributed by atoms with van der Waals surface area (Å²) in [5.41, 5.74) is 1.69. The second kappa shape index (κ2) is 6.19. The zero-order chi connectivity index (χ0) is 16.8. The third-order valence-corrected chi connectivity index (χ3v) is 5.99. The highest BCUT2D eigenvalue weighted by molar-refractivity contribution is 7.19. The maximum Gasteiger partial charge on any atom is 0.225 e. The molecule has 2 heterocycles. The molecule has 0 spiro atoms. The van der Waals surface area contributed by atoms with Crippen LogP contribution in [0, 0.1) is 11.3 Å². The van der Waals surface area contributed by atoms with Crippen LogP contribution < -0.4 is 5.32 Å². The zero-order valence-electron chi connectivity index (χ0n) is 14.1. The smallest absolute Gasteiger partial charge is 0.225 e. The van der Waals surface area contributed by atoms with Gasteiger partial charge in [0.15, 0.2) is 0 Å². The van der Waals surface area contributed by atoms with Crippen molar-refractivity contribution in [1.29, 1.82) is 0 Å². The first-order valence-electron chi connectivity index (χ1n) is 8.15. The molecule has 1 aliphatic carbocycles. The molecule has 126 valence electrons. The summed E-state index contributed by atoms with van der Waals surface area (Å²) in [5, 5.41) is 14.1. The van der Waals surface area contributed by atoms with Gasteiger partial charge in [-0.3, -0.25) is 0 Å². The first kappa shape index (κ1) is 16.9. The first-order chi connectivity index (χ1) is 10.8. The third-order valence-electron chi connectivity index (χ3n) is 4.67. The van der Waals surface area contributed by atoms with Crippen LogP contribution in [0.25, 0.3) is 10.2 Å². The first-order valence-corrected chi connectivity index (χ1v) is 9.35. The van der Waals surface area contributed by atoms with Crippen LogP contribution in [0.4, 0.5) is 5.82 Å². The van der Waals surface area contributed by atoms with E-state index in [1.807, 2.05) is 0 Å². The quantitative estimate of drug-likeness (QED) is 0.808. The molecule has 1 aliphatic rings. The van der Waals surface area contributed by atoms with Crippen molar-refractivity contribution in [2.45, 2.75) is 53.1 Å². The summed E-state index contributed by atoms with van der Waals surface area (Å²) in [6, 6.07) is 0. The summed E-state index contributed by atoms with van der Waals surface area (Å²) in [7, 11) is 0. The van der Waals surface area contributed by atoms with Crippen molar-refractivity contribution < 1.29 is 5.11 Å². The molecule has 0 bridgehead atoms. The van der Waals surface area contributed by atoms with Crippen LogP contribution in [0.3, 0.4) is 0 Å². The van der Waals surface area contributed by atoms with E-state index in [4.69, 9.17) is 11.6 Å². The van der Waals surface area contributed by atoms with Crippen molar-refractivity contribution in [2.75, 3.05) is 11.9 Å². The van der Waals surface area contributed by atoms with Gasteiger partial charge in [-0.2, -0.15) is 0 Å². The summed E-state index contributed by atoms with van der Waals surface area (Å²) in [6.45, 7) is 9.18. The lowest BCUT2D eigenvalue weighted by Crippen LogP contribution is -2.26. The van der Waals surface area contributed by atoms with E-state index in [0.717, 1.165) is 28.9 Å². The van der Waals surface area contributed by atoms with Gasteiger partial charge in [0, 0.05) is 11.4 Å². The van der Waals surface area contributed by atoms with Crippen LogP contribution in [0.15, 0.2) is 0 Å². The molecular formula is C17H24ClN3OS. The minimum Gasteiger partial charge on any atom is -0.392 e. The molecule has 3 rings (SSSR count). The molecule has 4 nitrogen and oxygen atoms in total. The number of hydrogen-bond donors (Lipinski definition) is 2. The summed E-state index contributed by atoms with van der Waals surface area (Å²) in [6.07, 6.45) is 2.93. The standard InChI is InChI=1S/C17H24ClN3OS/c1-9(22)8-19-14-13-11-6-5-10(17(2,3)4)7-12(11)23-15(13)21-16(18)20-14/h9-10,22H,5-8H2,1-4H3,(H,19,20,21). The van der Waals surface area contributed by atoms with E-state index in [-0.39, 0.29) is 5.28 Å². The van der Waals surface area contributed by atoms with Gasteiger partial charge in [0.2, 0.25) is 5.28 Å². The van der Waals surface area contributed by atoms with Crippen molar-refractivity contribution in [3.8, 4) is 0 Å². The molecule has 0 amide bonds. The number of aryl methyl sites for hydroxylation is 1. The number of aromatic nitrogens is 2. The number of nitrogens with one attached hydrogen (secondary N) is 1.